The number of carbonyl (C=O) groups is 1. The number of hydrogen-bond acceptors (Lipinski definition) is 6. The first kappa shape index (κ1) is 13.9. The second-order valence-electron chi connectivity index (χ2n) is 4.15. The molecule has 1 aromatic rings. The molecule has 0 bridgehead atoms. The van der Waals surface area contributed by atoms with Crippen LogP contribution in [0.3, 0.4) is 0 Å². The zero-order valence-electron chi connectivity index (χ0n) is 10.5. The Balaban J connectivity index is 2.14. The molecule has 1 heterocycles. The molecule has 1 saturated heterocycles. The van der Waals surface area contributed by atoms with Crippen molar-refractivity contribution >= 4 is 17.3 Å². The lowest BCUT2D eigenvalue weighted by Gasteiger charge is -2.22. The lowest BCUT2D eigenvalue weighted by molar-refractivity contribution is -0.384. The van der Waals surface area contributed by atoms with Crippen molar-refractivity contribution in [3.8, 4) is 6.07 Å². The minimum absolute atomic E-state index is 0.0383. The van der Waals surface area contributed by atoms with Gasteiger partial charge in [0.05, 0.1) is 22.8 Å². The highest BCUT2D eigenvalue weighted by Gasteiger charge is 2.23. The highest BCUT2D eigenvalue weighted by atomic mass is 16.6. The number of amides is 1. The standard InChI is InChI=1S/C12H12N4O4/c13-6-8-5-9(16(18)19)1-2-10(8)15-12(17)11-7-14-3-4-20-11/h1-2,5,11,14H,3-4,7H2,(H,15,17). The highest BCUT2D eigenvalue weighted by Crippen LogP contribution is 2.21. The van der Waals surface area contributed by atoms with E-state index in [4.69, 9.17) is 10.00 Å². The molecule has 0 radical (unpaired) electrons. The van der Waals surface area contributed by atoms with Crippen LogP contribution in [-0.4, -0.2) is 36.6 Å². The van der Waals surface area contributed by atoms with Crippen molar-refractivity contribution in [3.05, 3.63) is 33.9 Å². The van der Waals surface area contributed by atoms with Crippen molar-refractivity contribution in [1.29, 1.82) is 5.26 Å². The highest BCUT2D eigenvalue weighted by molar-refractivity contribution is 5.95. The number of benzene rings is 1. The Morgan fingerprint density at radius 2 is 2.40 bits per heavy atom. The van der Waals surface area contributed by atoms with Gasteiger partial charge in [0, 0.05) is 25.2 Å². The maximum atomic E-state index is 11.9. The minimum atomic E-state index is -0.634. The van der Waals surface area contributed by atoms with E-state index in [9.17, 15) is 14.9 Å². The average molecular weight is 276 g/mol. The summed E-state index contributed by atoms with van der Waals surface area (Å²) in [5, 5.41) is 25.2. The van der Waals surface area contributed by atoms with Gasteiger partial charge in [-0.05, 0) is 6.07 Å². The molecule has 1 fully saturated rings. The summed E-state index contributed by atoms with van der Waals surface area (Å²) >= 11 is 0. The van der Waals surface area contributed by atoms with Gasteiger partial charge in [0.1, 0.15) is 12.2 Å². The van der Waals surface area contributed by atoms with Crippen LogP contribution in [-0.2, 0) is 9.53 Å². The largest absolute Gasteiger partial charge is 0.366 e. The van der Waals surface area contributed by atoms with Gasteiger partial charge in [-0.2, -0.15) is 5.26 Å². The molecule has 1 aromatic carbocycles. The van der Waals surface area contributed by atoms with E-state index in [1.807, 2.05) is 6.07 Å². The number of anilines is 1. The first-order valence-corrected chi connectivity index (χ1v) is 5.93. The molecule has 1 atom stereocenters. The predicted molar refractivity (Wildman–Crippen MR) is 69.1 cm³/mol. The first-order valence-electron chi connectivity index (χ1n) is 5.93. The van der Waals surface area contributed by atoms with E-state index in [0.29, 0.717) is 19.7 Å². The van der Waals surface area contributed by atoms with E-state index >= 15 is 0 Å². The molecule has 2 N–H and O–H groups in total. The van der Waals surface area contributed by atoms with Gasteiger partial charge in [-0.1, -0.05) is 0 Å². The molecule has 8 nitrogen and oxygen atoms in total. The van der Waals surface area contributed by atoms with E-state index in [1.165, 1.54) is 12.1 Å². The second kappa shape index (κ2) is 6.10. The molecule has 0 aromatic heterocycles. The number of nitrogens with one attached hydrogen (secondary N) is 2. The maximum Gasteiger partial charge on any atom is 0.270 e. The van der Waals surface area contributed by atoms with E-state index in [-0.39, 0.29) is 22.8 Å². The number of non-ortho nitro benzene ring substituents is 1. The maximum absolute atomic E-state index is 11.9. The number of hydrogen-bond donors (Lipinski definition) is 2. The lowest BCUT2D eigenvalue weighted by atomic mass is 10.1. The van der Waals surface area contributed by atoms with Crippen molar-refractivity contribution < 1.29 is 14.5 Å². The molecule has 104 valence electrons. The summed E-state index contributed by atoms with van der Waals surface area (Å²) in [7, 11) is 0. The zero-order chi connectivity index (χ0) is 14.5. The van der Waals surface area contributed by atoms with E-state index in [2.05, 4.69) is 10.6 Å². The van der Waals surface area contributed by atoms with E-state index in [1.54, 1.807) is 0 Å². The minimum Gasteiger partial charge on any atom is -0.366 e. The van der Waals surface area contributed by atoms with Crippen molar-refractivity contribution in [2.45, 2.75) is 6.10 Å². The fourth-order valence-electron chi connectivity index (χ4n) is 1.79. The van der Waals surface area contributed by atoms with Crippen molar-refractivity contribution in [3.63, 3.8) is 0 Å². The van der Waals surface area contributed by atoms with Crippen LogP contribution in [0.1, 0.15) is 5.56 Å². The normalized spacial score (nSPS) is 18.1. The van der Waals surface area contributed by atoms with Crippen molar-refractivity contribution in [2.75, 3.05) is 25.0 Å². The van der Waals surface area contributed by atoms with Gasteiger partial charge in [0.15, 0.2) is 0 Å². The van der Waals surface area contributed by atoms with Gasteiger partial charge in [-0.15, -0.1) is 0 Å². The van der Waals surface area contributed by atoms with Crippen LogP contribution in [0.4, 0.5) is 11.4 Å². The molecule has 1 amide bonds. The molecule has 20 heavy (non-hydrogen) atoms. The summed E-state index contributed by atoms with van der Waals surface area (Å²) < 4.78 is 5.28. The molecule has 2 rings (SSSR count). The molecule has 8 heteroatoms. The van der Waals surface area contributed by atoms with Crippen LogP contribution in [0.2, 0.25) is 0 Å². The smallest absolute Gasteiger partial charge is 0.270 e. The molecular weight excluding hydrogens is 264 g/mol. The average Bonchev–Trinajstić information content (AvgIpc) is 2.48. The molecule has 1 aliphatic heterocycles. The number of nitro benzene ring substituents is 1. The topological polar surface area (TPSA) is 117 Å². The molecule has 1 aliphatic rings. The third-order valence-corrected chi connectivity index (χ3v) is 2.81. The van der Waals surface area contributed by atoms with E-state index in [0.717, 1.165) is 6.07 Å². The van der Waals surface area contributed by atoms with Gasteiger partial charge in [0.25, 0.3) is 11.6 Å². The van der Waals surface area contributed by atoms with Gasteiger partial charge in [-0.25, -0.2) is 0 Å². The van der Waals surface area contributed by atoms with Gasteiger partial charge < -0.3 is 15.4 Å². The Bertz CT molecular complexity index is 575. The van der Waals surface area contributed by atoms with Crippen molar-refractivity contribution in [1.82, 2.24) is 5.32 Å². The van der Waals surface area contributed by atoms with Crippen LogP contribution < -0.4 is 10.6 Å². The monoisotopic (exact) mass is 276 g/mol. The number of nitro groups is 1. The Morgan fingerprint density at radius 3 is 3.00 bits per heavy atom. The van der Waals surface area contributed by atoms with Crippen LogP contribution in [0.15, 0.2) is 18.2 Å². The fourth-order valence-corrected chi connectivity index (χ4v) is 1.79. The van der Waals surface area contributed by atoms with Crippen LogP contribution in [0.25, 0.3) is 0 Å². The lowest BCUT2D eigenvalue weighted by Crippen LogP contribution is -2.45. The fraction of sp³-hybridized carbons (Fsp3) is 0.333. The van der Waals surface area contributed by atoms with Crippen LogP contribution in [0.5, 0.6) is 0 Å². The number of morpholine rings is 1. The number of ether oxygens (including phenoxy) is 1. The molecule has 0 saturated carbocycles. The summed E-state index contributed by atoms with van der Waals surface area (Å²) in [4.78, 5) is 22.0. The second-order valence-corrected chi connectivity index (χ2v) is 4.15. The Labute approximate surface area is 114 Å². The number of nitrogens with zero attached hydrogens (tertiary/aromatic N) is 2. The molecule has 0 aliphatic carbocycles. The Kier molecular flexibility index (Phi) is 4.24. The van der Waals surface area contributed by atoms with Crippen LogP contribution in [0, 0.1) is 21.4 Å². The van der Waals surface area contributed by atoms with Gasteiger partial charge in [-0.3, -0.25) is 14.9 Å². The zero-order valence-corrected chi connectivity index (χ0v) is 10.5. The first-order chi connectivity index (χ1) is 9.61. The summed E-state index contributed by atoms with van der Waals surface area (Å²) in [5.74, 6) is -0.387. The van der Waals surface area contributed by atoms with Gasteiger partial charge >= 0.3 is 0 Å². The molecule has 0 spiro atoms. The van der Waals surface area contributed by atoms with E-state index < -0.39 is 11.0 Å². The number of nitriles is 1. The molecular formula is C12H12N4O4. The quantitative estimate of drug-likeness (QED) is 0.609. The third-order valence-electron chi connectivity index (χ3n) is 2.81. The number of carbonyl (C=O) groups excluding carboxylic acids is 1. The number of rotatable bonds is 3. The summed E-state index contributed by atoms with van der Waals surface area (Å²) in [5.41, 5.74) is 0.0729. The summed E-state index contributed by atoms with van der Waals surface area (Å²) in [6.07, 6.45) is -0.634. The Hall–Kier alpha value is -2.50. The van der Waals surface area contributed by atoms with Crippen LogP contribution >= 0.6 is 0 Å². The summed E-state index contributed by atoms with van der Waals surface area (Å²) in [6.45, 7) is 1.51. The Morgan fingerprint density at radius 1 is 1.60 bits per heavy atom. The third kappa shape index (κ3) is 3.09. The summed E-state index contributed by atoms with van der Waals surface area (Å²) in [6, 6.07) is 5.51. The van der Waals surface area contributed by atoms with Crippen molar-refractivity contribution in [2.24, 2.45) is 0 Å². The SMILES string of the molecule is N#Cc1cc([N+](=O)[O-])ccc1NC(=O)C1CNCCO1. The predicted octanol–water partition coefficient (Wildman–Crippen LogP) is 0.393. The molecule has 1 unspecified atom stereocenters. The van der Waals surface area contributed by atoms with Gasteiger partial charge in [0.2, 0.25) is 0 Å².